The first-order valence-corrected chi connectivity index (χ1v) is 10.3. The van der Waals surface area contributed by atoms with Crippen molar-refractivity contribution in [3.63, 3.8) is 0 Å². The molecule has 130 valence electrons. The minimum Gasteiger partial charge on any atom is -0.301 e. The normalized spacial score (nSPS) is 12.2. The first-order valence-electron chi connectivity index (χ1n) is 7.54. The number of hydrogen-bond donors (Lipinski definition) is 1. The second-order valence-electron chi connectivity index (χ2n) is 5.42. The molecule has 0 bridgehead atoms. The lowest BCUT2D eigenvalue weighted by Gasteiger charge is -2.08. The van der Waals surface area contributed by atoms with E-state index in [-0.39, 0.29) is 0 Å². The molecule has 0 saturated heterocycles. The Hall–Kier alpha value is -1.99. The third kappa shape index (κ3) is 3.73. The van der Waals surface area contributed by atoms with Gasteiger partial charge in [0.2, 0.25) is 0 Å². The predicted molar refractivity (Wildman–Crippen MR) is 109 cm³/mol. The summed E-state index contributed by atoms with van der Waals surface area (Å²) in [5.74, 6) is 0. The number of halogens is 2. The summed E-state index contributed by atoms with van der Waals surface area (Å²) >= 11 is 13.5. The van der Waals surface area contributed by atoms with E-state index < -0.39 is 11.0 Å². The summed E-state index contributed by atoms with van der Waals surface area (Å²) in [5.41, 5.74) is 2.57. The Kier molecular flexibility index (Phi) is 4.91. The number of nitrogens with one attached hydrogen (secondary N) is 1. The number of hydrogen-bond acceptors (Lipinski definition) is 4. The molecule has 4 rings (SSSR count). The van der Waals surface area contributed by atoms with Gasteiger partial charge in [0.15, 0.2) is 0 Å². The zero-order valence-electron chi connectivity index (χ0n) is 13.1. The van der Waals surface area contributed by atoms with Crippen LogP contribution in [0.1, 0.15) is 0 Å². The van der Waals surface area contributed by atoms with Crippen LogP contribution in [0.5, 0.6) is 0 Å². The molecular formula is C18H11Cl2N3OS2. The Labute approximate surface area is 166 Å². The van der Waals surface area contributed by atoms with E-state index in [1.807, 2.05) is 30.3 Å². The van der Waals surface area contributed by atoms with Gasteiger partial charge in [-0.15, -0.1) is 11.3 Å². The van der Waals surface area contributed by atoms with Gasteiger partial charge in [0.25, 0.3) is 0 Å². The average Bonchev–Trinajstić information content (AvgIpc) is 3.05. The highest BCUT2D eigenvalue weighted by Gasteiger charge is 2.10. The minimum atomic E-state index is -1.48. The molecule has 0 aliphatic carbocycles. The maximum atomic E-state index is 12.6. The van der Waals surface area contributed by atoms with Crippen LogP contribution in [0.2, 0.25) is 10.0 Å². The Morgan fingerprint density at radius 1 is 1.04 bits per heavy atom. The Morgan fingerprint density at radius 3 is 2.62 bits per heavy atom. The van der Waals surface area contributed by atoms with Gasteiger partial charge in [0, 0.05) is 33.7 Å². The Bertz CT molecular complexity index is 1080. The van der Waals surface area contributed by atoms with Crippen molar-refractivity contribution in [1.29, 1.82) is 0 Å². The van der Waals surface area contributed by atoms with E-state index in [1.165, 1.54) is 0 Å². The maximum absolute atomic E-state index is 12.6. The molecule has 26 heavy (non-hydrogen) atoms. The zero-order valence-corrected chi connectivity index (χ0v) is 16.3. The number of aromatic nitrogens is 2. The van der Waals surface area contributed by atoms with Gasteiger partial charge in [0.05, 0.1) is 15.1 Å². The van der Waals surface area contributed by atoms with Gasteiger partial charge in [-0.2, -0.15) is 0 Å². The first-order chi connectivity index (χ1) is 12.6. The summed E-state index contributed by atoms with van der Waals surface area (Å²) in [5, 5.41) is 1.77. The number of rotatable bonds is 4. The largest absolute Gasteiger partial charge is 0.301 e. The molecule has 1 atom stereocenters. The van der Waals surface area contributed by atoms with Crippen LogP contribution in [-0.2, 0) is 11.0 Å². The highest BCUT2D eigenvalue weighted by Crippen LogP contribution is 2.31. The lowest BCUT2D eigenvalue weighted by molar-refractivity contribution is 0.686. The fraction of sp³-hybridized carbons (Fsp3) is 0. The van der Waals surface area contributed by atoms with E-state index in [1.54, 1.807) is 41.9 Å². The summed E-state index contributed by atoms with van der Waals surface area (Å²) in [7, 11) is -1.48. The van der Waals surface area contributed by atoms with E-state index in [4.69, 9.17) is 23.2 Å². The molecule has 0 aliphatic heterocycles. The van der Waals surface area contributed by atoms with Crippen molar-refractivity contribution in [3.8, 4) is 10.6 Å². The summed E-state index contributed by atoms with van der Waals surface area (Å²) in [6.07, 6.45) is 3.53. The van der Waals surface area contributed by atoms with Crippen LogP contribution in [0.15, 0.2) is 65.8 Å². The van der Waals surface area contributed by atoms with Crippen LogP contribution < -0.4 is 4.72 Å². The fourth-order valence-electron chi connectivity index (χ4n) is 2.42. The quantitative estimate of drug-likeness (QED) is 0.454. The van der Waals surface area contributed by atoms with E-state index >= 15 is 0 Å². The monoisotopic (exact) mass is 419 g/mol. The molecule has 1 N–H and O–H groups in total. The van der Waals surface area contributed by atoms with Crippen molar-refractivity contribution in [3.05, 3.63) is 71.0 Å². The molecule has 0 aliphatic rings. The van der Waals surface area contributed by atoms with Crippen LogP contribution in [0.4, 0.5) is 5.69 Å². The van der Waals surface area contributed by atoms with Crippen LogP contribution in [0.25, 0.3) is 20.8 Å². The smallest absolute Gasteiger partial charge is 0.150 e. The summed E-state index contributed by atoms with van der Waals surface area (Å²) in [4.78, 5) is 9.26. The Morgan fingerprint density at radius 2 is 1.85 bits per heavy atom. The van der Waals surface area contributed by atoms with Crippen molar-refractivity contribution in [2.75, 3.05) is 4.72 Å². The molecule has 1 unspecified atom stereocenters. The third-order valence-corrected chi connectivity index (χ3v) is 6.14. The van der Waals surface area contributed by atoms with Gasteiger partial charge in [-0.3, -0.25) is 4.98 Å². The van der Waals surface area contributed by atoms with Gasteiger partial charge in [0.1, 0.15) is 16.0 Å². The van der Waals surface area contributed by atoms with Gasteiger partial charge >= 0.3 is 0 Å². The number of nitrogens with zero attached hydrogens (tertiary/aromatic N) is 2. The standard InChI is InChI=1S/C18H11Cl2N3OS2/c19-12-7-13(20)9-15(8-12)26(24)23-14-3-1-2-11(6-14)18-22-16-4-5-21-10-17(16)25-18/h1-10,23H. The molecule has 4 nitrogen and oxygen atoms in total. The second kappa shape index (κ2) is 7.32. The fourth-order valence-corrected chi connectivity index (χ4v) is 4.93. The number of pyridine rings is 1. The van der Waals surface area contributed by atoms with Gasteiger partial charge in [-0.05, 0) is 36.4 Å². The predicted octanol–water partition coefficient (Wildman–Crippen LogP) is 5.80. The summed E-state index contributed by atoms with van der Waals surface area (Å²) in [6.45, 7) is 0. The molecule has 0 fully saturated rings. The molecule has 4 aromatic rings. The van der Waals surface area contributed by atoms with Crippen LogP contribution in [-0.4, -0.2) is 14.2 Å². The summed E-state index contributed by atoms with van der Waals surface area (Å²) < 4.78 is 16.6. The molecule has 0 radical (unpaired) electrons. The van der Waals surface area contributed by atoms with Crippen molar-refractivity contribution in [1.82, 2.24) is 9.97 Å². The molecule has 0 amide bonds. The van der Waals surface area contributed by atoms with E-state index in [0.717, 1.165) is 20.8 Å². The highest BCUT2D eigenvalue weighted by molar-refractivity contribution is 7.86. The molecule has 0 spiro atoms. The minimum absolute atomic E-state index is 0.444. The van der Waals surface area contributed by atoms with E-state index in [2.05, 4.69) is 14.7 Å². The van der Waals surface area contributed by atoms with Crippen molar-refractivity contribution < 1.29 is 4.21 Å². The van der Waals surface area contributed by atoms with Gasteiger partial charge in [-0.25, -0.2) is 9.19 Å². The van der Waals surface area contributed by atoms with Crippen molar-refractivity contribution in [2.45, 2.75) is 4.90 Å². The second-order valence-corrected chi connectivity index (χ2v) is 8.54. The number of benzene rings is 2. The lowest BCUT2D eigenvalue weighted by atomic mass is 10.2. The topological polar surface area (TPSA) is 54.9 Å². The van der Waals surface area contributed by atoms with Gasteiger partial charge < -0.3 is 4.72 Å². The Balaban J connectivity index is 1.62. The number of anilines is 1. The molecule has 0 saturated carbocycles. The number of thiazole rings is 1. The maximum Gasteiger partial charge on any atom is 0.150 e. The lowest BCUT2D eigenvalue weighted by Crippen LogP contribution is -2.04. The highest BCUT2D eigenvalue weighted by atomic mass is 35.5. The van der Waals surface area contributed by atoms with Crippen molar-refractivity contribution in [2.24, 2.45) is 0 Å². The van der Waals surface area contributed by atoms with Crippen molar-refractivity contribution >= 4 is 61.4 Å². The van der Waals surface area contributed by atoms with Crippen LogP contribution in [0, 0.1) is 0 Å². The van der Waals surface area contributed by atoms with Crippen LogP contribution >= 0.6 is 34.5 Å². The van der Waals surface area contributed by atoms with E-state index in [9.17, 15) is 4.21 Å². The molecule has 2 heterocycles. The average molecular weight is 420 g/mol. The molecular weight excluding hydrogens is 409 g/mol. The molecule has 2 aromatic heterocycles. The third-order valence-electron chi connectivity index (χ3n) is 3.56. The van der Waals surface area contributed by atoms with E-state index in [0.29, 0.717) is 20.6 Å². The SMILES string of the molecule is O=S(Nc1cccc(-c2nc3ccncc3s2)c1)c1cc(Cl)cc(Cl)c1. The molecule has 2 aromatic carbocycles. The van der Waals surface area contributed by atoms with Gasteiger partial charge in [-0.1, -0.05) is 35.3 Å². The summed E-state index contributed by atoms with van der Waals surface area (Å²) in [6, 6.07) is 14.4. The first kappa shape index (κ1) is 17.4. The zero-order chi connectivity index (χ0) is 18.1. The number of fused-ring (bicyclic) bond motifs is 1. The van der Waals surface area contributed by atoms with Crippen LogP contribution in [0.3, 0.4) is 0 Å². The molecule has 8 heteroatoms.